The third-order valence-electron chi connectivity index (χ3n) is 3.01. The van der Waals surface area contributed by atoms with Gasteiger partial charge in [0.25, 0.3) is 5.91 Å². The molecular formula is C16H14Cl2FNO4. The first-order chi connectivity index (χ1) is 11.4. The summed E-state index contributed by atoms with van der Waals surface area (Å²) < 4.78 is 28.6. The molecule has 24 heavy (non-hydrogen) atoms. The zero-order chi connectivity index (χ0) is 17.7. The highest BCUT2D eigenvalue weighted by molar-refractivity contribution is 6.32. The Labute approximate surface area is 148 Å². The van der Waals surface area contributed by atoms with Gasteiger partial charge in [0.1, 0.15) is 23.1 Å². The molecule has 2 aromatic rings. The number of methoxy groups -OCH3 is 2. The van der Waals surface area contributed by atoms with Crippen molar-refractivity contribution in [3.8, 4) is 17.2 Å². The average Bonchev–Trinajstić information content (AvgIpc) is 2.56. The summed E-state index contributed by atoms with van der Waals surface area (Å²) in [5.41, 5.74) is 0.369. The second-order valence-electron chi connectivity index (χ2n) is 4.60. The summed E-state index contributed by atoms with van der Waals surface area (Å²) in [7, 11) is 2.93. The van der Waals surface area contributed by atoms with E-state index in [1.165, 1.54) is 32.4 Å². The monoisotopic (exact) mass is 373 g/mol. The Morgan fingerprint density at radius 2 is 1.79 bits per heavy atom. The molecule has 0 aliphatic heterocycles. The summed E-state index contributed by atoms with van der Waals surface area (Å²) in [5.74, 6) is 0.0653. The summed E-state index contributed by atoms with van der Waals surface area (Å²) >= 11 is 11.7. The van der Waals surface area contributed by atoms with Gasteiger partial charge in [-0.15, -0.1) is 0 Å². The first-order valence-electron chi connectivity index (χ1n) is 6.73. The molecule has 5 nitrogen and oxygen atoms in total. The minimum absolute atomic E-state index is 0.0866. The number of benzene rings is 2. The molecule has 128 valence electrons. The maximum atomic E-state index is 13.1. The third kappa shape index (κ3) is 4.43. The molecule has 8 heteroatoms. The molecule has 0 spiro atoms. The lowest BCUT2D eigenvalue weighted by Crippen LogP contribution is -2.20. The van der Waals surface area contributed by atoms with E-state index in [2.05, 4.69) is 5.32 Å². The molecule has 0 saturated heterocycles. The number of carbonyl (C=O) groups excluding carboxylic acids is 1. The van der Waals surface area contributed by atoms with Gasteiger partial charge in [0, 0.05) is 12.1 Å². The predicted molar refractivity (Wildman–Crippen MR) is 90.1 cm³/mol. The highest BCUT2D eigenvalue weighted by Gasteiger charge is 2.13. The van der Waals surface area contributed by atoms with Gasteiger partial charge in [-0.2, -0.15) is 0 Å². The summed E-state index contributed by atoms with van der Waals surface area (Å²) in [6, 6.07) is 6.88. The Morgan fingerprint density at radius 1 is 1.08 bits per heavy atom. The van der Waals surface area contributed by atoms with E-state index in [1.807, 2.05) is 0 Å². The van der Waals surface area contributed by atoms with E-state index in [1.54, 1.807) is 6.07 Å². The minimum Gasteiger partial charge on any atom is -0.495 e. The van der Waals surface area contributed by atoms with Crippen molar-refractivity contribution in [3.63, 3.8) is 0 Å². The number of carbonyl (C=O) groups is 1. The number of nitrogens with one attached hydrogen (secondary N) is 1. The molecule has 0 atom stereocenters. The molecule has 0 heterocycles. The Morgan fingerprint density at radius 3 is 2.42 bits per heavy atom. The lowest BCUT2D eigenvalue weighted by molar-refractivity contribution is -0.118. The molecule has 0 radical (unpaired) electrons. The molecule has 2 aromatic carbocycles. The number of amides is 1. The van der Waals surface area contributed by atoms with Crippen molar-refractivity contribution < 1.29 is 23.4 Å². The van der Waals surface area contributed by atoms with Crippen LogP contribution < -0.4 is 19.5 Å². The third-order valence-corrected chi connectivity index (χ3v) is 3.59. The van der Waals surface area contributed by atoms with Crippen LogP contribution in [0.5, 0.6) is 17.2 Å². The van der Waals surface area contributed by atoms with Crippen molar-refractivity contribution in [1.29, 1.82) is 0 Å². The van der Waals surface area contributed by atoms with E-state index in [9.17, 15) is 9.18 Å². The number of halogens is 3. The maximum absolute atomic E-state index is 13.1. The maximum Gasteiger partial charge on any atom is 0.262 e. The molecule has 0 saturated carbocycles. The van der Waals surface area contributed by atoms with Crippen LogP contribution in [0, 0.1) is 5.82 Å². The number of ether oxygens (including phenoxy) is 3. The Balaban J connectivity index is 2.04. The molecule has 0 bridgehead atoms. The number of hydrogen-bond donors (Lipinski definition) is 1. The molecule has 0 aliphatic rings. The van der Waals surface area contributed by atoms with Gasteiger partial charge in [0.2, 0.25) is 0 Å². The van der Waals surface area contributed by atoms with Crippen LogP contribution in [0.4, 0.5) is 10.1 Å². The summed E-state index contributed by atoms with van der Waals surface area (Å²) in [6.07, 6.45) is 0. The van der Waals surface area contributed by atoms with Crippen molar-refractivity contribution >= 4 is 34.8 Å². The van der Waals surface area contributed by atoms with Gasteiger partial charge in [0.05, 0.1) is 30.0 Å². The second-order valence-corrected chi connectivity index (χ2v) is 5.41. The first-order valence-corrected chi connectivity index (χ1v) is 7.49. The van der Waals surface area contributed by atoms with Gasteiger partial charge >= 0.3 is 0 Å². The first kappa shape index (κ1) is 18.2. The van der Waals surface area contributed by atoms with Crippen LogP contribution in [0.25, 0.3) is 0 Å². The van der Waals surface area contributed by atoms with Gasteiger partial charge in [-0.25, -0.2) is 4.39 Å². The number of rotatable bonds is 6. The van der Waals surface area contributed by atoms with E-state index < -0.39 is 11.7 Å². The molecule has 0 aromatic heterocycles. The van der Waals surface area contributed by atoms with Crippen molar-refractivity contribution in [1.82, 2.24) is 0 Å². The highest BCUT2D eigenvalue weighted by atomic mass is 35.5. The van der Waals surface area contributed by atoms with Crippen molar-refractivity contribution in [2.45, 2.75) is 0 Å². The van der Waals surface area contributed by atoms with Gasteiger partial charge in [-0.1, -0.05) is 23.2 Å². The van der Waals surface area contributed by atoms with Crippen LogP contribution in [0.1, 0.15) is 0 Å². The molecule has 0 unspecified atom stereocenters. The quantitative estimate of drug-likeness (QED) is 0.825. The van der Waals surface area contributed by atoms with Gasteiger partial charge in [0.15, 0.2) is 6.61 Å². The van der Waals surface area contributed by atoms with Gasteiger partial charge in [-0.3, -0.25) is 4.79 Å². The predicted octanol–water partition coefficient (Wildman–Crippen LogP) is 4.17. The SMILES string of the molecule is COc1cc(OC)c(NC(=O)COc2ccc(F)c(Cl)c2)cc1Cl. The number of hydrogen-bond acceptors (Lipinski definition) is 4. The van der Waals surface area contributed by atoms with Crippen LogP contribution in [0.3, 0.4) is 0 Å². The number of anilines is 1. The van der Waals surface area contributed by atoms with E-state index in [0.717, 1.165) is 6.07 Å². The lowest BCUT2D eigenvalue weighted by Gasteiger charge is -2.13. The zero-order valence-electron chi connectivity index (χ0n) is 12.9. The largest absolute Gasteiger partial charge is 0.495 e. The summed E-state index contributed by atoms with van der Waals surface area (Å²) in [4.78, 5) is 12.0. The Bertz CT molecular complexity index is 755. The normalized spacial score (nSPS) is 10.2. The van der Waals surface area contributed by atoms with Crippen molar-refractivity contribution in [3.05, 3.63) is 46.2 Å². The van der Waals surface area contributed by atoms with Crippen molar-refractivity contribution in [2.24, 2.45) is 0 Å². The second kappa shape index (κ2) is 8.08. The summed E-state index contributed by atoms with van der Waals surface area (Å²) in [6.45, 7) is -0.297. The zero-order valence-corrected chi connectivity index (χ0v) is 14.4. The van der Waals surface area contributed by atoms with Crippen LogP contribution in [0.15, 0.2) is 30.3 Å². The van der Waals surface area contributed by atoms with Gasteiger partial charge < -0.3 is 19.5 Å². The van der Waals surface area contributed by atoms with Crippen LogP contribution in [0.2, 0.25) is 10.0 Å². The summed E-state index contributed by atoms with van der Waals surface area (Å²) in [5, 5.41) is 2.85. The fourth-order valence-electron chi connectivity index (χ4n) is 1.86. The minimum atomic E-state index is -0.564. The molecule has 0 aliphatic carbocycles. The van der Waals surface area contributed by atoms with E-state index in [0.29, 0.717) is 22.2 Å². The Hall–Kier alpha value is -2.18. The van der Waals surface area contributed by atoms with Gasteiger partial charge in [-0.05, 0) is 18.2 Å². The van der Waals surface area contributed by atoms with E-state index in [-0.39, 0.29) is 17.4 Å². The molecule has 1 N–H and O–H groups in total. The molecule has 2 rings (SSSR count). The Kier molecular flexibility index (Phi) is 6.11. The smallest absolute Gasteiger partial charge is 0.262 e. The highest BCUT2D eigenvalue weighted by Crippen LogP contribution is 2.35. The molecular weight excluding hydrogens is 360 g/mol. The van der Waals surface area contributed by atoms with E-state index in [4.69, 9.17) is 37.4 Å². The standard InChI is InChI=1S/C16H14Cl2FNO4/c1-22-14-7-15(23-2)13(6-11(14)18)20-16(21)8-24-9-3-4-12(19)10(17)5-9/h3-7H,8H2,1-2H3,(H,20,21). The molecule has 1 amide bonds. The topological polar surface area (TPSA) is 56.8 Å². The fourth-order valence-corrected chi connectivity index (χ4v) is 2.27. The van der Waals surface area contributed by atoms with E-state index >= 15 is 0 Å². The fraction of sp³-hybridized carbons (Fsp3) is 0.188. The molecule has 0 fully saturated rings. The van der Waals surface area contributed by atoms with Crippen LogP contribution in [-0.4, -0.2) is 26.7 Å². The van der Waals surface area contributed by atoms with Crippen LogP contribution >= 0.6 is 23.2 Å². The average molecular weight is 374 g/mol. The van der Waals surface area contributed by atoms with Crippen molar-refractivity contribution in [2.75, 3.05) is 26.1 Å². The van der Waals surface area contributed by atoms with Crippen LogP contribution in [-0.2, 0) is 4.79 Å². The lowest BCUT2D eigenvalue weighted by atomic mass is 10.2.